The zero-order chi connectivity index (χ0) is 27.4. The van der Waals surface area contributed by atoms with Crippen molar-refractivity contribution >= 4 is 29.1 Å². The minimum Gasteiger partial charge on any atom is -0.372 e. The minimum absolute atomic E-state index is 0.000724. The van der Waals surface area contributed by atoms with Crippen LogP contribution in [0.15, 0.2) is 24.3 Å². The van der Waals surface area contributed by atoms with Crippen molar-refractivity contribution in [1.82, 2.24) is 10.2 Å². The molecule has 2 fully saturated rings. The van der Waals surface area contributed by atoms with Gasteiger partial charge in [-0.3, -0.25) is 14.4 Å². The summed E-state index contributed by atoms with van der Waals surface area (Å²) in [7, 11) is 0. The summed E-state index contributed by atoms with van der Waals surface area (Å²) in [5.41, 5.74) is 1.49. The Hall–Kier alpha value is -3.08. The quantitative estimate of drug-likeness (QED) is 0.369. The number of anilines is 2. The number of amides is 3. The van der Waals surface area contributed by atoms with Crippen LogP contribution in [0.5, 0.6) is 0 Å². The van der Waals surface area contributed by atoms with Crippen molar-refractivity contribution in [3.8, 4) is 6.07 Å². The molecule has 1 saturated heterocycles. The number of unbranched alkanes of at least 4 members (excludes halogenated alkanes) is 2. The van der Waals surface area contributed by atoms with E-state index in [0.29, 0.717) is 30.5 Å². The highest BCUT2D eigenvalue weighted by Gasteiger charge is 2.69. The number of fused-ring (bicyclic) bond motifs is 2. The molecular formula is C30H43N5O3. The first-order chi connectivity index (χ1) is 18.2. The summed E-state index contributed by atoms with van der Waals surface area (Å²) < 4.78 is 0. The first-order valence-corrected chi connectivity index (χ1v) is 14.4. The van der Waals surface area contributed by atoms with Crippen LogP contribution in [0.25, 0.3) is 0 Å². The fraction of sp³-hybridized carbons (Fsp3) is 0.667. The van der Waals surface area contributed by atoms with Crippen LogP contribution in [0.4, 0.5) is 11.4 Å². The maximum absolute atomic E-state index is 13.6. The van der Waals surface area contributed by atoms with E-state index >= 15 is 0 Å². The molecule has 1 aromatic carbocycles. The summed E-state index contributed by atoms with van der Waals surface area (Å²) in [6, 6.07) is 7.51. The Labute approximate surface area is 226 Å². The van der Waals surface area contributed by atoms with Crippen molar-refractivity contribution in [3.63, 3.8) is 0 Å². The maximum atomic E-state index is 13.6. The van der Waals surface area contributed by atoms with Gasteiger partial charge in [0.2, 0.25) is 17.7 Å². The van der Waals surface area contributed by atoms with E-state index in [-0.39, 0.29) is 35.5 Å². The number of nitrogens with zero attached hydrogens (tertiary/aromatic N) is 2. The summed E-state index contributed by atoms with van der Waals surface area (Å²) in [6.45, 7) is 9.26. The molecule has 0 aromatic heterocycles. The van der Waals surface area contributed by atoms with E-state index in [9.17, 15) is 19.6 Å². The number of carbonyl (C=O) groups is 3. The molecule has 5 atom stereocenters. The second kappa shape index (κ2) is 11.8. The van der Waals surface area contributed by atoms with Gasteiger partial charge in [0.05, 0.1) is 17.4 Å². The van der Waals surface area contributed by atoms with E-state index in [4.69, 9.17) is 0 Å². The lowest BCUT2D eigenvalue weighted by molar-refractivity contribution is -0.141. The Morgan fingerprint density at radius 2 is 1.82 bits per heavy atom. The van der Waals surface area contributed by atoms with Gasteiger partial charge in [-0.15, -0.1) is 0 Å². The summed E-state index contributed by atoms with van der Waals surface area (Å²) in [4.78, 5) is 41.6. The Morgan fingerprint density at radius 1 is 1.16 bits per heavy atom. The van der Waals surface area contributed by atoms with Gasteiger partial charge in [-0.2, -0.15) is 5.26 Å². The van der Waals surface area contributed by atoms with Crippen LogP contribution in [-0.4, -0.2) is 47.3 Å². The van der Waals surface area contributed by atoms with Gasteiger partial charge in [-0.05, 0) is 48.1 Å². The highest BCUT2D eigenvalue weighted by molar-refractivity contribution is 6.03. The summed E-state index contributed by atoms with van der Waals surface area (Å²) >= 11 is 0. The predicted octanol–water partition coefficient (Wildman–Crippen LogP) is 4.69. The Balaban J connectivity index is 1.42. The second-order valence-electron chi connectivity index (χ2n) is 12.0. The van der Waals surface area contributed by atoms with E-state index in [1.54, 1.807) is 4.90 Å². The molecule has 3 amide bonds. The monoisotopic (exact) mass is 521 g/mol. The van der Waals surface area contributed by atoms with Gasteiger partial charge >= 0.3 is 0 Å². The average molecular weight is 522 g/mol. The maximum Gasteiger partial charge on any atom is 0.247 e. The van der Waals surface area contributed by atoms with Crippen LogP contribution < -0.4 is 16.0 Å². The first kappa shape index (κ1) is 27.9. The van der Waals surface area contributed by atoms with Crippen molar-refractivity contribution < 1.29 is 14.4 Å². The lowest BCUT2D eigenvalue weighted by atomic mass is 9.91. The van der Waals surface area contributed by atoms with Gasteiger partial charge < -0.3 is 20.9 Å². The van der Waals surface area contributed by atoms with E-state index < -0.39 is 18.1 Å². The second-order valence-corrected chi connectivity index (χ2v) is 12.0. The standard InChI is InChI=1S/C30H43N5O3/c1-5-7-11-19(12-8-6-2)15-25(36)35-18-21-26(30(21,3)4)27(35)29(38)32-20(17-31)16-24-28(37)34-23-14-10-9-13-22(23)33-24/h9-10,13-14,19-21,24,26-27,33H,5-8,11-12,15-16,18H2,1-4H3,(H,32,38)(H,34,37). The molecule has 2 heterocycles. The topological polar surface area (TPSA) is 114 Å². The zero-order valence-electron chi connectivity index (χ0n) is 23.3. The number of likely N-dealkylation sites (tertiary alicyclic amines) is 1. The van der Waals surface area contributed by atoms with Crippen molar-refractivity contribution in [2.45, 2.75) is 97.2 Å². The van der Waals surface area contributed by atoms with E-state index in [1.807, 2.05) is 24.3 Å². The highest BCUT2D eigenvalue weighted by Crippen LogP contribution is 2.65. The van der Waals surface area contributed by atoms with E-state index in [2.05, 4.69) is 49.7 Å². The fourth-order valence-corrected chi connectivity index (χ4v) is 6.54. The Kier molecular flexibility index (Phi) is 8.64. The summed E-state index contributed by atoms with van der Waals surface area (Å²) in [5, 5.41) is 18.8. The average Bonchev–Trinajstić information content (AvgIpc) is 3.22. The first-order valence-electron chi connectivity index (χ1n) is 14.4. The third kappa shape index (κ3) is 5.82. The van der Waals surface area contributed by atoms with Crippen LogP contribution in [-0.2, 0) is 14.4 Å². The van der Waals surface area contributed by atoms with Crippen LogP contribution >= 0.6 is 0 Å². The molecule has 206 valence electrons. The number of nitrogens with one attached hydrogen (secondary N) is 3. The smallest absolute Gasteiger partial charge is 0.247 e. The van der Waals surface area contributed by atoms with Crippen molar-refractivity contribution in [1.29, 1.82) is 5.26 Å². The van der Waals surface area contributed by atoms with Crippen molar-refractivity contribution in [2.75, 3.05) is 17.2 Å². The molecule has 1 aromatic rings. The SMILES string of the molecule is CCCCC(CCCC)CC(=O)N1CC2C(C1C(=O)NC(C#N)CC1Nc3ccccc3NC1=O)C2(C)C. The predicted molar refractivity (Wildman–Crippen MR) is 148 cm³/mol. The summed E-state index contributed by atoms with van der Waals surface area (Å²) in [6.07, 6.45) is 7.15. The fourth-order valence-electron chi connectivity index (χ4n) is 6.54. The lowest BCUT2D eigenvalue weighted by Gasteiger charge is -2.32. The summed E-state index contributed by atoms with van der Waals surface area (Å²) in [5.74, 6) is 0.293. The van der Waals surface area contributed by atoms with Gasteiger partial charge in [0.15, 0.2) is 0 Å². The molecule has 8 heteroatoms. The van der Waals surface area contributed by atoms with Gasteiger partial charge in [-0.1, -0.05) is 65.5 Å². The third-order valence-electron chi connectivity index (χ3n) is 8.97. The van der Waals surface area contributed by atoms with Crippen LogP contribution in [0.2, 0.25) is 0 Å². The molecule has 38 heavy (non-hydrogen) atoms. The molecule has 5 unspecified atom stereocenters. The molecule has 1 saturated carbocycles. The minimum atomic E-state index is -0.851. The van der Waals surface area contributed by atoms with Crippen molar-refractivity contribution in [3.05, 3.63) is 24.3 Å². The number of nitriles is 1. The van der Waals surface area contributed by atoms with Gasteiger partial charge in [0, 0.05) is 19.4 Å². The number of hydrogen-bond acceptors (Lipinski definition) is 5. The molecule has 0 bridgehead atoms. The number of benzene rings is 1. The normalized spacial score (nSPS) is 25.5. The highest BCUT2D eigenvalue weighted by atomic mass is 16.2. The third-order valence-corrected chi connectivity index (χ3v) is 8.97. The van der Waals surface area contributed by atoms with Crippen LogP contribution in [0.3, 0.4) is 0 Å². The number of rotatable bonds is 12. The van der Waals surface area contributed by atoms with E-state index in [0.717, 1.165) is 44.2 Å². The van der Waals surface area contributed by atoms with Gasteiger partial charge in [0.25, 0.3) is 0 Å². The molecule has 8 nitrogen and oxygen atoms in total. The van der Waals surface area contributed by atoms with Gasteiger partial charge in [0.1, 0.15) is 18.1 Å². The molecular weight excluding hydrogens is 478 g/mol. The number of piperidine rings is 1. The molecule has 1 aliphatic carbocycles. The zero-order valence-corrected chi connectivity index (χ0v) is 23.3. The lowest BCUT2D eigenvalue weighted by Crippen LogP contribution is -2.53. The van der Waals surface area contributed by atoms with Crippen molar-refractivity contribution in [2.24, 2.45) is 23.2 Å². The Bertz CT molecular complexity index is 1070. The molecule has 0 spiro atoms. The van der Waals surface area contributed by atoms with Crippen LogP contribution in [0.1, 0.15) is 79.1 Å². The van der Waals surface area contributed by atoms with E-state index in [1.165, 1.54) is 0 Å². The number of carbonyl (C=O) groups excluding carboxylic acids is 3. The molecule has 0 radical (unpaired) electrons. The molecule has 3 N–H and O–H groups in total. The van der Waals surface area contributed by atoms with Crippen LogP contribution in [0, 0.1) is 34.5 Å². The largest absolute Gasteiger partial charge is 0.372 e. The molecule has 3 aliphatic rings. The Morgan fingerprint density at radius 3 is 2.45 bits per heavy atom. The number of hydrogen-bond donors (Lipinski definition) is 3. The number of para-hydroxylation sites is 2. The molecule has 2 aliphatic heterocycles. The van der Waals surface area contributed by atoms with Gasteiger partial charge in [-0.25, -0.2) is 0 Å². The molecule has 4 rings (SSSR count).